The second-order valence-corrected chi connectivity index (χ2v) is 6.12. The van der Waals surface area contributed by atoms with Crippen molar-refractivity contribution >= 4 is 11.8 Å². The van der Waals surface area contributed by atoms with Gasteiger partial charge in [-0.1, -0.05) is 6.92 Å². The van der Waals surface area contributed by atoms with Crippen LogP contribution in [0.4, 0.5) is 0 Å². The molecule has 2 aliphatic rings. The van der Waals surface area contributed by atoms with E-state index in [1.807, 2.05) is 11.8 Å². The van der Waals surface area contributed by atoms with Gasteiger partial charge in [0.05, 0.1) is 12.7 Å². The second kappa shape index (κ2) is 5.71. The molecular formula is C12H23NO2S. The summed E-state index contributed by atoms with van der Waals surface area (Å²) in [5, 5.41) is 0. The first-order valence-corrected chi connectivity index (χ1v) is 7.49. The lowest BCUT2D eigenvalue weighted by Crippen LogP contribution is -2.27. The van der Waals surface area contributed by atoms with E-state index < -0.39 is 0 Å². The monoisotopic (exact) mass is 245 g/mol. The minimum absolute atomic E-state index is 0.190. The van der Waals surface area contributed by atoms with Crippen molar-refractivity contribution in [1.29, 1.82) is 0 Å². The molecule has 0 bridgehead atoms. The number of nitrogens with two attached hydrogens (primary N) is 1. The lowest BCUT2D eigenvalue weighted by atomic mass is 10.2. The summed E-state index contributed by atoms with van der Waals surface area (Å²) in [5.74, 6) is 2.59. The van der Waals surface area contributed by atoms with Gasteiger partial charge in [0.15, 0.2) is 5.79 Å². The Morgan fingerprint density at radius 3 is 2.88 bits per heavy atom. The van der Waals surface area contributed by atoms with Gasteiger partial charge in [-0.15, -0.1) is 0 Å². The SMILES string of the molecule is CC(CN)CSCC1COC2(CCCC2)O1. The predicted molar refractivity (Wildman–Crippen MR) is 67.6 cm³/mol. The minimum atomic E-state index is -0.190. The van der Waals surface area contributed by atoms with Crippen LogP contribution < -0.4 is 5.73 Å². The molecule has 3 nitrogen and oxygen atoms in total. The van der Waals surface area contributed by atoms with E-state index in [-0.39, 0.29) is 5.79 Å². The molecule has 1 aliphatic carbocycles. The lowest BCUT2D eigenvalue weighted by Gasteiger charge is -2.21. The first kappa shape index (κ1) is 12.7. The molecule has 0 aromatic heterocycles. The smallest absolute Gasteiger partial charge is 0.168 e. The zero-order chi connectivity index (χ0) is 11.4. The Balaban J connectivity index is 1.65. The van der Waals surface area contributed by atoms with Crippen molar-refractivity contribution in [3.63, 3.8) is 0 Å². The van der Waals surface area contributed by atoms with E-state index in [1.54, 1.807) is 0 Å². The van der Waals surface area contributed by atoms with Crippen LogP contribution in [0.2, 0.25) is 0 Å². The molecule has 2 N–H and O–H groups in total. The van der Waals surface area contributed by atoms with Gasteiger partial charge in [-0.05, 0) is 31.1 Å². The molecule has 1 aliphatic heterocycles. The second-order valence-electron chi connectivity index (χ2n) is 5.05. The van der Waals surface area contributed by atoms with Gasteiger partial charge < -0.3 is 15.2 Å². The van der Waals surface area contributed by atoms with Crippen molar-refractivity contribution in [1.82, 2.24) is 0 Å². The first-order valence-electron chi connectivity index (χ1n) is 6.34. The van der Waals surface area contributed by atoms with Crippen molar-refractivity contribution in [3.8, 4) is 0 Å². The predicted octanol–water partition coefficient (Wildman–Crippen LogP) is 2.00. The summed E-state index contributed by atoms with van der Waals surface area (Å²) >= 11 is 1.94. The van der Waals surface area contributed by atoms with Crippen LogP contribution in [0.5, 0.6) is 0 Å². The Labute approximate surface area is 102 Å². The van der Waals surface area contributed by atoms with Crippen LogP contribution >= 0.6 is 11.8 Å². The molecule has 2 fully saturated rings. The molecule has 0 amide bonds. The largest absolute Gasteiger partial charge is 0.347 e. The van der Waals surface area contributed by atoms with Crippen LogP contribution in [-0.4, -0.2) is 36.5 Å². The van der Waals surface area contributed by atoms with E-state index in [0.717, 1.165) is 37.5 Å². The van der Waals surface area contributed by atoms with Crippen molar-refractivity contribution in [3.05, 3.63) is 0 Å². The molecule has 0 aromatic carbocycles. The van der Waals surface area contributed by atoms with E-state index in [9.17, 15) is 0 Å². The van der Waals surface area contributed by atoms with Crippen molar-refractivity contribution in [2.75, 3.05) is 24.7 Å². The number of hydrogen-bond acceptors (Lipinski definition) is 4. The molecule has 2 unspecified atom stereocenters. The van der Waals surface area contributed by atoms with Gasteiger partial charge in [0.2, 0.25) is 0 Å². The van der Waals surface area contributed by atoms with Gasteiger partial charge in [-0.3, -0.25) is 0 Å². The molecule has 16 heavy (non-hydrogen) atoms. The highest BCUT2D eigenvalue weighted by Crippen LogP contribution is 2.39. The Bertz CT molecular complexity index is 219. The summed E-state index contributed by atoms with van der Waals surface area (Å²) in [4.78, 5) is 0. The maximum atomic E-state index is 6.05. The third kappa shape index (κ3) is 3.13. The van der Waals surface area contributed by atoms with E-state index in [1.165, 1.54) is 12.8 Å². The highest BCUT2D eigenvalue weighted by molar-refractivity contribution is 7.99. The maximum absolute atomic E-state index is 6.05. The quantitative estimate of drug-likeness (QED) is 0.804. The zero-order valence-electron chi connectivity index (χ0n) is 10.1. The number of thioether (sulfide) groups is 1. The third-order valence-corrected chi connectivity index (χ3v) is 4.80. The summed E-state index contributed by atoms with van der Waals surface area (Å²) in [7, 11) is 0. The summed E-state index contributed by atoms with van der Waals surface area (Å²) in [5.41, 5.74) is 5.59. The Morgan fingerprint density at radius 2 is 2.19 bits per heavy atom. The van der Waals surface area contributed by atoms with Gasteiger partial charge >= 0.3 is 0 Å². The van der Waals surface area contributed by atoms with Crippen molar-refractivity contribution in [2.45, 2.75) is 44.5 Å². The van der Waals surface area contributed by atoms with E-state index in [4.69, 9.17) is 15.2 Å². The Kier molecular flexibility index (Phi) is 4.53. The molecule has 2 atom stereocenters. The topological polar surface area (TPSA) is 44.5 Å². The van der Waals surface area contributed by atoms with Crippen LogP contribution in [0.1, 0.15) is 32.6 Å². The summed E-state index contributed by atoms with van der Waals surface area (Å²) in [6, 6.07) is 0. The molecule has 1 heterocycles. The minimum Gasteiger partial charge on any atom is -0.347 e. The Morgan fingerprint density at radius 1 is 1.44 bits per heavy atom. The summed E-state index contributed by atoms with van der Waals surface area (Å²) in [6.07, 6.45) is 4.99. The molecule has 1 spiro atoms. The molecule has 1 saturated carbocycles. The van der Waals surface area contributed by atoms with E-state index in [0.29, 0.717) is 12.0 Å². The van der Waals surface area contributed by atoms with Crippen molar-refractivity contribution < 1.29 is 9.47 Å². The van der Waals surface area contributed by atoms with Crippen LogP contribution in [0.3, 0.4) is 0 Å². The fraction of sp³-hybridized carbons (Fsp3) is 1.00. The Hall–Kier alpha value is 0.230. The number of rotatable bonds is 5. The van der Waals surface area contributed by atoms with Gasteiger partial charge in [-0.2, -0.15) is 11.8 Å². The fourth-order valence-corrected chi connectivity index (χ4v) is 3.45. The van der Waals surface area contributed by atoms with Gasteiger partial charge in [0.25, 0.3) is 0 Å². The fourth-order valence-electron chi connectivity index (χ4n) is 2.34. The van der Waals surface area contributed by atoms with Gasteiger partial charge in [-0.25, -0.2) is 0 Å². The van der Waals surface area contributed by atoms with E-state index >= 15 is 0 Å². The van der Waals surface area contributed by atoms with Gasteiger partial charge in [0.1, 0.15) is 0 Å². The highest BCUT2D eigenvalue weighted by Gasteiger charge is 2.43. The highest BCUT2D eigenvalue weighted by atomic mass is 32.2. The average Bonchev–Trinajstić information content (AvgIpc) is 2.90. The van der Waals surface area contributed by atoms with Crippen LogP contribution in [0, 0.1) is 5.92 Å². The number of hydrogen-bond donors (Lipinski definition) is 1. The van der Waals surface area contributed by atoms with Crippen LogP contribution in [0.25, 0.3) is 0 Å². The van der Waals surface area contributed by atoms with Crippen molar-refractivity contribution in [2.24, 2.45) is 11.7 Å². The summed E-state index contributed by atoms with van der Waals surface area (Å²) in [6.45, 7) is 3.75. The molecule has 2 rings (SSSR count). The molecule has 94 valence electrons. The molecular weight excluding hydrogens is 222 g/mol. The average molecular weight is 245 g/mol. The lowest BCUT2D eigenvalue weighted by molar-refractivity contribution is -0.159. The molecule has 0 aromatic rings. The summed E-state index contributed by atoms with van der Waals surface area (Å²) < 4.78 is 11.9. The standard InChI is InChI=1S/C12H23NO2S/c1-10(6-13)8-16-9-11-7-14-12(15-11)4-2-3-5-12/h10-11H,2-9,13H2,1H3. The van der Waals surface area contributed by atoms with Gasteiger partial charge in [0, 0.05) is 18.6 Å². The van der Waals surface area contributed by atoms with E-state index in [2.05, 4.69) is 6.92 Å². The molecule has 4 heteroatoms. The molecule has 0 radical (unpaired) electrons. The van der Waals surface area contributed by atoms with Crippen LogP contribution in [0.15, 0.2) is 0 Å². The van der Waals surface area contributed by atoms with Crippen LogP contribution in [-0.2, 0) is 9.47 Å². The first-order chi connectivity index (χ1) is 7.74. The third-order valence-electron chi connectivity index (χ3n) is 3.39. The maximum Gasteiger partial charge on any atom is 0.168 e. The molecule has 1 saturated heterocycles. The normalized spacial score (nSPS) is 30.0. The number of ether oxygens (including phenoxy) is 2. The zero-order valence-corrected chi connectivity index (χ0v) is 10.9.